The Kier molecular flexibility index (Phi) is 3.82. The van der Waals surface area contributed by atoms with E-state index in [4.69, 9.17) is 9.26 Å². The lowest BCUT2D eigenvalue weighted by molar-refractivity contribution is 0.0304. The number of thiophene rings is 1. The van der Waals surface area contributed by atoms with E-state index in [2.05, 4.69) is 10.1 Å². The van der Waals surface area contributed by atoms with Crippen molar-refractivity contribution in [2.45, 2.75) is 13.8 Å². The van der Waals surface area contributed by atoms with Crippen LogP contribution in [0.5, 0.6) is 0 Å². The van der Waals surface area contributed by atoms with Crippen LogP contribution >= 0.6 is 11.3 Å². The van der Waals surface area contributed by atoms with Crippen molar-refractivity contribution in [2.75, 3.05) is 26.3 Å². The summed E-state index contributed by atoms with van der Waals surface area (Å²) in [5, 5.41) is 4.69. The van der Waals surface area contributed by atoms with E-state index in [1.807, 2.05) is 36.9 Å². The lowest BCUT2D eigenvalue weighted by Crippen LogP contribution is -2.40. The number of carbonyl (C=O) groups excluding carboxylic acids is 1. The quantitative estimate of drug-likeness (QED) is 0.715. The molecular formula is C17H17N3O3S. The van der Waals surface area contributed by atoms with E-state index in [0.29, 0.717) is 48.7 Å². The molecule has 1 amide bonds. The summed E-state index contributed by atoms with van der Waals surface area (Å²) in [5.74, 6) is -0.0217. The highest BCUT2D eigenvalue weighted by Crippen LogP contribution is 2.31. The number of carbonyl (C=O) groups is 1. The molecule has 24 heavy (non-hydrogen) atoms. The monoisotopic (exact) mass is 343 g/mol. The second kappa shape index (κ2) is 5.99. The third kappa shape index (κ3) is 2.59. The highest BCUT2D eigenvalue weighted by Gasteiger charge is 2.25. The summed E-state index contributed by atoms with van der Waals surface area (Å²) in [6.07, 6.45) is 0. The second-order valence-corrected chi connectivity index (χ2v) is 7.11. The van der Waals surface area contributed by atoms with Gasteiger partial charge in [-0.15, -0.1) is 11.3 Å². The number of fused-ring (bicyclic) bond motifs is 1. The molecule has 0 aromatic carbocycles. The normalized spacial score (nSPS) is 15.2. The Labute approximate surface area is 143 Å². The van der Waals surface area contributed by atoms with Gasteiger partial charge in [0, 0.05) is 18.0 Å². The van der Waals surface area contributed by atoms with E-state index in [1.54, 1.807) is 11.3 Å². The molecule has 0 spiro atoms. The molecule has 0 aliphatic carbocycles. The van der Waals surface area contributed by atoms with Crippen LogP contribution in [0, 0.1) is 13.8 Å². The van der Waals surface area contributed by atoms with Crippen molar-refractivity contribution in [3.8, 4) is 10.6 Å². The van der Waals surface area contributed by atoms with Crippen LogP contribution in [0.3, 0.4) is 0 Å². The smallest absolute Gasteiger partial charge is 0.259 e. The van der Waals surface area contributed by atoms with Gasteiger partial charge in [-0.05, 0) is 32.0 Å². The molecule has 0 unspecified atom stereocenters. The molecule has 4 rings (SSSR count). The Morgan fingerprint density at radius 2 is 2.04 bits per heavy atom. The number of aryl methyl sites for hydroxylation is 2. The van der Waals surface area contributed by atoms with Crippen LogP contribution in [0.1, 0.15) is 20.9 Å². The van der Waals surface area contributed by atoms with Crippen molar-refractivity contribution in [3.05, 3.63) is 34.3 Å². The number of ether oxygens (including phenoxy) is 1. The van der Waals surface area contributed by atoms with Gasteiger partial charge in [0.25, 0.3) is 11.6 Å². The Morgan fingerprint density at radius 3 is 2.75 bits per heavy atom. The maximum atomic E-state index is 13.0. The Balaban J connectivity index is 1.85. The molecule has 7 heteroatoms. The van der Waals surface area contributed by atoms with E-state index in [1.165, 1.54) is 4.88 Å². The van der Waals surface area contributed by atoms with Crippen LogP contribution in [0.15, 0.2) is 22.7 Å². The van der Waals surface area contributed by atoms with Crippen molar-refractivity contribution in [2.24, 2.45) is 0 Å². The van der Waals surface area contributed by atoms with Gasteiger partial charge in [0.05, 0.1) is 40.4 Å². The van der Waals surface area contributed by atoms with E-state index in [0.717, 1.165) is 10.6 Å². The number of nitrogens with zero attached hydrogens (tertiary/aromatic N) is 3. The molecule has 1 aliphatic rings. The van der Waals surface area contributed by atoms with Gasteiger partial charge >= 0.3 is 0 Å². The first-order valence-electron chi connectivity index (χ1n) is 7.84. The van der Waals surface area contributed by atoms with Gasteiger partial charge in [-0.2, -0.15) is 0 Å². The lowest BCUT2D eigenvalue weighted by atomic mass is 10.1. The number of amides is 1. The van der Waals surface area contributed by atoms with Crippen LogP contribution < -0.4 is 0 Å². The SMILES string of the molecule is Cc1ccc(-c2cc(C(=O)N3CCOCC3)c3c(C)noc3n2)s1. The maximum absolute atomic E-state index is 13.0. The first-order chi connectivity index (χ1) is 11.6. The third-order valence-electron chi connectivity index (χ3n) is 4.14. The van der Waals surface area contributed by atoms with Crippen LogP contribution in [0.2, 0.25) is 0 Å². The summed E-state index contributed by atoms with van der Waals surface area (Å²) in [6, 6.07) is 5.91. The number of aromatic nitrogens is 2. The average molecular weight is 343 g/mol. The number of hydrogen-bond donors (Lipinski definition) is 0. The third-order valence-corrected chi connectivity index (χ3v) is 5.16. The van der Waals surface area contributed by atoms with Gasteiger partial charge in [-0.3, -0.25) is 4.79 Å². The number of pyridine rings is 1. The minimum atomic E-state index is -0.0217. The topological polar surface area (TPSA) is 68.5 Å². The van der Waals surface area contributed by atoms with E-state index in [9.17, 15) is 4.79 Å². The molecule has 0 saturated carbocycles. The number of morpholine rings is 1. The average Bonchev–Trinajstić information content (AvgIpc) is 3.20. The van der Waals surface area contributed by atoms with Crippen LogP contribution in [0.4, 0.5) is 0 Å². The van der Waals surface area contributed by atoms with E-state index >= 15 is 0 Å². The fraction of sp³-hybridized carbons (Fsp3) is 0.353. The zero-order valence-electron chi connectivity index (χ0n) is 13.5. The van der Waals surface area contributed by atoms with E-state index < -0.39 is 0 Å². The summed E-state index contributed by atoms with van der Waals surface area (Å²) < 4.78 is 10.7. The molecule has 3 aromatic heterocycles. The maximum Gasteiger partial charge on any atom is 0.259 e. The summed E-state index contributed by atoms with van der Waals surface area (Å²) in [7, 11) is 0. The predicted octanol–water partition coefficient (Wildman–Crippen LogP) is 3.04. The van der Waals surface area contributed by atoms with Crippen molar-refractivity contribution < 1.29 is 14.1 Å². The predicted molar refractivity (Wildman–Crippen MR) is 91.3 cm³/mol. The number of hydrogen-bond acceptors (Lipinski definition) is 6. The van der Waals surface area contributed by atoms with Gasteiger partial charge in [-0.1, -0.05) is 5.16 Å². The Bertz CT molecular complexity index is 909. The van der Waals surface area contributed by atoms with Crippen molar-refractivity contribution in [1.82, 2.24) is 15.0 Å². The molecular weight excluding hydrogens is 326 g/mol. The molecule has 1 aliphatic heterocycles. The van der Waals surface area contributed by atoms with E-state index in [-0.39, 0.29) is 5.91 Å². The largest absolute Gasteiger partial charge is 0.378 e. The molecule has 6 nitrogen and oxygen atoms in total. The van der Waals surface area contributed by atoms with Gasteiger partial charge in [0.1, 0.15) is 0 Å². The lowest BCUT2D eigenvalue weighted by Gasteiger charge is -2.27. The fourth-order valence-corrected chi connectivity index (χ4v) is 3.73. The van der Waals surface area contributed by atoms with Crippen molar-refractivity contribution in [3.63, 3.8) is 0 Å². The zero-order chi connectivity index (χ0) is 16.7. The number of rotatable bonds is 2. The molecule has 124 valence electrons. The van der Waals surface area contributed by atoms with Crippen LogP contribution in [0.25, 0.3) is 21.7 Å². The molecule has 1 fully saturated rings. The van der Waals surface area contributed by atoms with Gasteiger partial charge < -0.3 is 14.2 Å². The van der Waals surface area contributed by atoms with Gasteiger partial charge in [-0.25, -0.2) is 4.98 Å². The summed E-state index contributed by atoms with van der Waals surface area (Å²) in [4.78, 5) is 21.6. The van der Waals surface area contributed by atoms with Crippen molar-refractivity contribution in [1.29, 1.82) is 0 Å². The van der Waals surface area contributed by atoms with Crippen LogP contribution in [-0.4, -0.2) is 47.3 Å². The van der Waals surface area contributed by atoms with Gasteiger partial charge in [0.15, 0.2) is 0 Å². The molecule has 0 bridgehead atoms. The first-order valence-corrected chi connectivity index (χ1v) is 8.66. The van der Waals surface area contributed by atoms with Crippen molar-refractivity contribution >= 4 is 28.3 Å². The summed E-state index contributed by atoms with van der Waals surface area (Å²) in [6.45, 7) is 6.21. The van der Waals surface area contributed by atoms with Gasteiger partial charge in [0.2, 0.25) is 0 Å². The molecule has 0 atom stereocenters. The minimum Gasteiger partial charge on any atom is -0.378 e. The highest BCUT2D eigenvalue weighted by molar-refractivity contribution is 7.15. The molecule has 1 saturated heterocycles. The Hall–Kier alpha value is -2.25. The zero-order valence-corrected chi connectivity index (χ0v) is 14.4. The molecule has 3 aromatic rings. The summed E-state index contributed by atoms with van der Waals surface area (Å²) in [5.41, 5.74) is 2.44. The fourth-order valence-electron chi connectivity index (χ4n) is 2.90. The standard InChI is InChI=1S/C17H17N3O3S/c1-10-3-4-14(24-10)13-9-12(15-11(2)19-23-16(15)18-13)17(21)20-5-7-22-8-6-20/h3-4,9H,5-8H2,1-2H3. The first kappa shape index (κ1) is 15.3. The molecule has 0 N–H and O–H groups in total. The molecule has 0 radical (unpaired) electrons. The second-order valence-electron chi connectivity index (χ2n) is 5.82. The Morgan fingerprint density at radius 1 is 1.25 bits per heavy atom. The minimum absolute atomic E-state index is 0.0217. The molecule has 4 heterocycles. The van der Waals surface area contributed by atoms with Crippen LogP contribution in [-0.2, 0) is 4.74 Å². The summed E-state index contributed by atoms with van der Waals surface area (Å²) >= 11 is 1.64. The highest BCUT2D eigenvalue weighted by atomic mass is 32.1.